The summed E-state index contributed by atoms with van der Waals surface area (Å²) < 4.78 is 0.862. The molecule has 110 valence electrons. The number of benzene rings is 1. The Morgan fingerprint density at radius 3 is 2.86 bits per heavy atom. The summed E-state index contributed by atoms with van der Waals surface area (Å²) in [6.07, 6.45) is 3.53. The standard InChI is InChI=1S/C15H15BrN2O3/c16-11-2-1-3-12-13(11)10(7-17-12)14(19)18-9-5-4-8(6-9)15(20)21/h1-3,7-9,17H,4-6H2,(H,18,19)(H,20,21)/t8-,9+/m0/s1. The summed E-state index contributed by atoms with van der Waals surface area (Å²) in [4.78, 5) is 26.4. The van der Waals surface area contributed by atoms with Gasteiger partial charge in [0.25, 0.3) is 5.91 Å². The van der Waals surface area contributed by atoms with Crippen molar-refractivity contribution in [3.8, 4) is 0 Å². The van der Waals surface area contributed by atoms with E-state index in [0.717, 1.165) is 15.4 Å². The normalized spacial score (nSPS) is 21.6. The highest BCUT2D eigenvalue weighted by Crippen LogP contribution is 2.29. The molecule has 5 nitrogen and oxygen atoms in total. The quantitative estimate of drug-likeness (QED) is 0.795. The van der Waals surface area contributed by atoms with Gasteiger partial charge in [-0.15, -0.1) is 0 Å². The number of carboxylic acid groups (broad SMARTS) is 1. The lowest BCUT2D eigenvalue weighted by atomic mass is 10.1. The predicted octanol–water partition coefficient (Wildman–Crippen LogP) is 2.91. The molecule has 0 unspecified atom stereocenters. The van der Waals surface area contributed by atoms with Crippen LogP contribution in [0.2, 0.25) is 0 Å². The van der Waals surface area contributed by atoms with E-state index in [0.29, 0.717) is 24.8 Å². The Morgan fingerprint density at radius 1 is 1.33 bits per heavy atom. The Kier molecular flexibility index (Phi) is 3.71. The van der Waals surface area contributed by atoms with Crippen molar-refractivity contribution in [2.24, 2.45) is 5.92 Å². The second-order valence-corrected chi connectivity index (χ2v) is 6.24. The monoisotopic (exact) mass is 350 g/mol. The number of amides is 1. The number of carbonyl (C=O) groups excluding carboxylic acids is 1. The Labute approximate surface area is 129 Å². The predicted molar refractivity (Wildman–Crippen MR) is 82.2 cm³/mol. The molecule has 0 bridgehead atoms. The van der Waals surface area contributed by atoms with Crippen molar-refractivity contribution in [1.29, 1.82) is 0 Å². The molecule has 1 aliphatic rings. The number of aromatic nitrogens is 1. The fourth-order valence-electron chi connectivity index (χ4n) is 2.92. The zero-order valence-electron chi connectivity index (χ0n) is 11.2. The van der Waals surface area contributed by atoms with E-state index in [1.165, 1.54) is 0 Å². The highest BCUT2D eigenvalue weighted by Gasteiger charge is 2.31. The van der Waals surface area contributed by atoms with Crippen LogP contribution in [0.4, 0.5) is 0 Å². The van der Waals surface area contributed by atoms with Gasteiger partial charge in [-0.3, -0.25) is 9.59 Å². The maximum atomic E-state index is 12.4. The van der Waals surface area contributed by atoms with Crippen LogP contribution in [0.5, 0.6) is 0 Å². The molecule has 3 rings (SSSR count). The average Bonchev–Trinajstić information content (AvgIpc) is 3.05. The van der Waals surface area contributed by atoms with Gasteiger partial charge in [-0.1, -0.05) is 22.0 Å². The van der Waals surface area contributed by atoms with E-state index in [1.54, 1.807) is 6.20 Å². The molecule has 1 heterocycles. The third-order valence-corrected chi connectivity index (χ3v) is 4.68. The Hall–Kier alpha value is -1.82. The molecule has 0 aliphatic heterocycles. The number of rotatable bonds is 3. The maximum absolute atomic E-state index is 12.4. The van der Waals surface area contributed by atoms with E-state index in [-0.39, 0.29) is 17.9 Å². The average molecular weight is 351 g/mol. The number of nitrogens with one attached hydrogen (secondary N) is 2. The third kappa shape index (κ3) is 2.68. The molecule has 0 spiro atoms. The molecule has 0 saturated heterocycles. The van der Waals surface area contributed by atoms with Crippen molar-refractivity contribution in [3.05, 3.63) is 34.4 Å². The molecule has 3 N–H and O–H groups in total. The molecule has 2 aromatic rings. The minimum absolute atomic E-state index is 0.0639. The van der Waals surface area contributed by atoms with Crippen molar-refractivity contribution >= 4 is 38.7 Å². The first-order valence-electron chi connectivity index (χ1n) is 6.85. The molecular formula is C15H15BrN2O3. The number of hydrogen-bond acceptors (Lipinski definition) is 2. The van der Waals surface area contributed by atoms with Crippen LogP contribution >= 0.6 is 15.9 Å². The topological polar surface area (TPSA) is 82.2 Å². The van der Waals surface area contributed by atoms with Gasteiger partial charge in [-0.2, -0.15) is 0 Å². The molecule has 1 saturated carbocycles. The van der Waals surface area contributed by atoms with E-state index in [1.807, 2.05) is 18.2 Å². The zero-order chi connectivity index (χ0) is 15.0. The van der Waals surface area contributed by atoms with Crippen LogP contribution in [-0.4, -0.2) is 28.0 Å². The van der Waals surface area contributed by atoms with Crippen LogP contribution in [0.1, 0.15) is 29.6 Å². The minimum Gasteiger partial charge on any atom is -0.481 e. The van der Waals surface area contributed by atoms with Crippen LogP contribution in [0, 0.1) is 5.92 Å². The Bertz CT molecular complexity index is 710. The number of fused-ring (bicyclic) bond motifs is 1. The summed E-state index contributed by atoms with van der Waals surface area (Å²) in [5, 5.41) is 12.8. The van der Waals surface area contributed by atoms with E-state index in [2.05, 4.69) is 26.2 Å². The largest absolute Gasteiger partial charge is 0.481 e. The number of halogens is 1. The van der Waals surface area contributed by atoms with Crippen LogP contribution in [0.15, 0.2) is 28.9 Å². The van der Waals surface area contributed by atoms with Gasteiger partial charge in [0.15, 0.2) is 0 Å². The lowest BCUT2D eigenvalue weighted by Crippen LogP contribution is -2.33. The fourth-order valence-corrected chi connectivity index (χ4v) is 3.50. The number of hydrogen-bond donors (Lipinski definition) is 3. The van der Waals surface area contributed by atoms with Gasteiger partial charge in [0, 0.05) is 27.6 Å². The summed E-state index contributed by atoms with van der Waals surface area (Å²) in [5.74, 6) is -1.28. The maximum Gasteiger partial charge on any atom is 0.306 e. The van der Waals surface area contributed by atoms with Gasteiger partial charge in [0.1, 0.15) is 0 Å². The van der Waals surface area contributed by atoms with Gasteiger partial charge in [0.2, 0.25) is 0 Å². The van der Waals surface area contributed by atoms with Crippen molar-refractivity contribution in [2.45, 2.75) is 25.3 Å². The van der Waals surface area contributed by atoms with Gasteiger partial charge in [0.05, 0.1) is 11.5 Å². The Balaban J connectivity index is 1.78. The first kappa shape index (κ1) is 14.1. The van der Waals surface area contributed by atoms with Crippen LogP contribution in [-0.2, 0) is 4.79 Å². The number of carbonyl (C=O) groups is 2. The van der Waals surface area contributed by atoms with Crippen LogP contribution in [0.25, 0.3) is 10.9 Å². The number of carboxylic acids is 1. The summed E-state index contributed by atoms with van der Waals surface area (Å²) in [6.45, 7) is 0. The summed E-state index contributed by atoms with van der Waals surface area (Å²) in [7, 11) is 0. The molecule has 1 aromatic heterocycles. The highest BCUT2D eigenvalue weighted by molar-refractivity contribution is 9.10. The number of aliphatic carboxylic acids is 1. The molecule has 6 heteroatoms. The highest BCUT2D eigenvalue weighted by atomic mass is 79.9. The SMILES string of the molecule is O=C(N[C@@H]1CC[C@H](C(=O)O)C1)c1c[nH]c2cccc(Br)c12. The summed E-state index contributed by atoms with van der Waals surface area (Å²) in [6, 6.07) is 5.64. The lowest BCUT2D eigenvalue weighted by molar-refractivity contribution is -0.141. The fraction of sp³-hybridized carbons (Fsp3) is 0.333. The van der Waals surface area contributed by atoms with Crippen molar-refractivity contribution < 1.29 is 14.7 Å². The molecule has 1 aromatic carbocycles. The molecular weight excluding hydrogens is 336 g/mol. The first-order valence-corrected chi connectivity index (χ1v) is 7.65. The van der Waals surface area contributed by atoms with E-state index >= 15 is 0 Å². The zero-order valence-corrected chi connectivity index (χ0v) is 12.8. The molecule has 2 atom stereocenters. The molecule has 0 radical (unpaired) electrons. The number of aromatic amines is 1. The van der Waals surface area contributed by atoms with Gasteiger partial charge < -0.3 is 15.4 Å². The van der Waals surface area contributed by atoms with E-state index in [4.69, 9.17) is 5.11 Å². The van der Waals surface area contributed by atoms with Crippen LogP contribution in [0.3, 0.4) is 0 Å². The van der Waals surface area contributed by atoms with Crippen molar-refractivity contribution in [3.63, 3.8) is 0 Å². The second-order valence-electron chi connectivity index (χ2n) is 5.38. The molecule has 1 aliphatic carbocycles. The Morgan fingerprint density at radius 2 is 2.14 bits per heavy atom. The van der Waals surface area contributed by atoms with Crippen molar-refractivity contribution in [2.75, 3.05) is 0 Å². The molecule has 1 amide bonds. The van der Waals surface area contributed by atoms with Crippen LogP contribution < -0.4 is 5.32 Å². The minimum atomic E-state index is -0.776. The smallest absolute Gasteiger partial charge is 0.306 e. The van der Waals surface area contributed by atoms with Crippen molar-refractivity contribution in [1.82, 2.24) is 10.3 Å². The number of H-pyrrole nitrogens is 1. The van der Waals surface area contributed by atoms with Gasteiger partial charge in [-0.05, 0) is 31.4 Å². The van der Waals surface area contributed by atoms with E-state index < -0.39 is 5.97 Å². The summed E-state index contributed by atoms with van der Waals surface area (Å²) in [5.41, 5.74) is 1.47. The van der Waals surface area contributed by atoms with E-state index in [9.17, 15) is 9.59 Å². The van der Waals surface area contributed by atoms with Gasteiger partial charge >= 0.3 is 5.97 Å². The molecule has 1 fully saturated rings. The summed E-state index contributed by atoms with van der Waals surface area (Å²) >= 11 is 3.46. The molecule has 21 heavy (non-hydrogen) atoms. The van der Waals surface area contributed by atoms with Gasteiger partial charge in [-0.25, -0.2) is 0 Å². The third-order valence-electron chi connectivity index (χ3n) is 4.02. The first-order chi connectivity index (χ1) is 10.1. The lowest BCUT2D eigenvalue weighted by Gasteiger charge is -2.12. The second kappa shape index (κ2) is 5.52.